The molecule has 1 atom stereocenters. The number of rotatable bonds is 2. The van der Waals surface area contributed by atoms with Gasteiger partial charge in [-0.2, -0.15) is 18.8 Å². The molecule has 1 amide bonds. The number of aromatic amines is 1. The van der Waals surface area contributed by atoms with Crippen molar-refractivity contribution < 1.29 is 17.1 Å². The molecule has 0 radical (unpaired) electrons. The van der Waals surface area contributed by atoms with Gasteiger partial charge in [0.15, 0.2) is 0 Å². The SMILES string of the molecule is N#Cc1cn[nH]c1N1CC(S(=O)(=O)F)CC1=O. The van der Waals surface area contributed by atoms with Crippen LogP contribution < -0.4 is 4.90 Å². The van der Waals surface area contributed by atoms with Crippen LogP contribution in [0.1, 0.15) is 12.0 Å². The number of hydrogen-bond acceptors (Lipinski definition) is 5. The fourth-order valence-corrected chi connectivity index (χ4v) is 2.32. The number of carbonyl (C=O) groups excluding carboxylic acids is 1. The third kappa shape index (κ3) is 1.99. The monoisotopic (exact) mass is 258 g/mol. The summed E-state index contributed by atoms with van der Waals surface area (Å²) in [6, 6.07) is 1.80. The molecule has 7 nitrogen and oxygen atoms in total. The summed E-state index contributed by atoms with van der Waals surface area (Å²) in [7, 11) is -4.76. The largest absolute Gasteiger partial charge is 0.307 e. The topological polar surface area (TPSA) is 107 Å². The Morgan fingerprint density at radius 3 is 2.88 bits per heavy atom. The van der Waals surface area contributed by atoms with Crippen molar-refractivity contribution in [1.29, 1.82) is 5.26 Å². The molecule has 1 fully saturated rings. The maximum atomic E-state index is 12.8. The van der Waals surface area contributed by atoms with E-state index >= 15 is 0 Å². The van der Waals surface area contributed by atoms with Gasteiger partial charge in [0, 0.05) is 13.0 Å². The maximum Gasteiger partial charge on any atom is 0.307 e. The molecule has 0 bridgehead atoms. The van der Waals surface area contributed by atoms with E-state index in [-0.39, 0.29) is 17.9 Å². The molecule has 0 spiro atoms. The smallest absolute Gasteiger partial charge is 0.295 e. The molecule has 0 saturated carbocycles. The van der Waals surface area contributed by atoms with Gasteiger partial charge in [-0.1, -0.05) is 0 Å². The number of nitriles is 1. The highest BCUT2D eigenvalue weighted by atomic mass is 32.3. The third-order valence-electron chi connectivity index (χ3n) is 2.50. The minimum Gasteiger partial charge on any atom is -0.295 e. The van der Waals surface area contributed by atoms with Crippen LogP contribution in [-0.4, -0.2) is 36.3 Å². The first-order chi connectivity index (χ1) is 7.93. The average Bonchev–Trinajstić information content (AvgIpc) is 2.81. The summed E-state index contributed by atoms with van der Waals surface area (Å²) < 4.78 is 34.2. The molecular weight excluding hydrogens is 251 g/mol. The van der Waals surface area contributed by atoms with Crippen LogP contribution in [0.25, 0.3) is 0 Å². The van der Waals surface area contributed by atoms with E-state index in [2.05, 4.69) is 10.2 Å². The van der Waals surface area contributed by atoms with Crippen molar-refractivity contribution in [3.63, 3.8) is 0 Å². The van der Waals surface area contributed by atoms with E-state index in [0.29, 0.717) is 0 Å². The number of carbonyl (C=O) groups is 1. The van der Waals surface area contributed by atoms with Crippen LogP contribution in [0, 0.1) is 11.3 Å². The van der Waals surface area contributed by atoms with Crippen molar-refractivity contribution in [2.75, 3.05) is 11.4 Å². The van der Waals surface area contributed by atoms with Gasteiger partial charge in [0.2, 0.25) is 5.91 Å². The van der Waals surface area contributed by atoms with Crippen LogP contribution in [0.4, 0.5) is 9.70 Å². The lowest BCUT2D eigenvalue weighted by atomic mass is 10.3. The Balaban J connectivity index is 2.32. The summed E-state index contributed by atoms with van der Waals surface area (Å²) in [4.78, 5) is 12.6. The normalized spacial score (nSPS) is 20.6. The molecular formula is C8H7FN4O3S. The fourth-order valence-electron chi connectivity index (χ4n) is 1.65. The van der Waals surface area contributed by atoms with E-state index < -0.39 is 27.8 Å². The summed E-state index contributed by atoms with van der Waals surface area (Å²) in [5.74, 6) is -0.458. The van der Waals surface area contributed by atoms with Crippen LogP contribution >= 0.6 is 0 Å². The minimum absolute atomic E-state index is 0.101. The Hall–Kier alpha value is -1.95. The van der Waals surface area contributed by atoms with Gasteiger partial charge in [-0.15, -0.1) is 3.89 Å². The highest BCUT2D eigenvalue weighted by Crippen LogP contribution is 2.26. The van der Waals surface area contributed by atoms with Gasteiger partial charge in [0.1, 0.15) is 22.7 Å². The molecule has 17 heavy (non-hydrogen) atoms. The quantitative estimate of drug-likeness (QED) is 0.732. The molecule has 1 aromatic heterocycles. The van der Waals surface area contributed by atoms with Gasteiger partial charge in [0.25, 0.3) is 0 Å². The number of halogens is 1. The van der Waals surface area contributed by atoms with Gasteiger partial charge in [-0.3, -0.25) is 14.8 Å². The van der Waals surface area contributed by atoms with E-state index in [0.717, 1.165) is 4.90 Å². The van der Waals surface area contributed by atoms with Crippen LogP contribution in [0.5, 0.6) is 0 Å². The number of hydrogen-bond donors (Lipinski definition) is 1. The second-order valence-corrected chi connectivity index (χ2v) is 5.17. The lowest BCUT2D eigenvalue weighted by Crippen LogP contribution is -2.27. The highest BCUT2D eigenvalue weighted by Gasteiger charge is 2.40. The number of H-pyrrole nitrogens is 1. The van der Waals surface area contributed by atoms with E-state index in [1.807, 2.05) is 0 Å². The lowest BCUT2D eigenvalue weighted by molar-refractivity contribution is -0.117. The Kier molecular flexibility index (Phi) is 2.59. The Labute approximate surface area is 96.0 Å². The molecule has 2 rings (SSSR count). The summed E-state index contributed by atoms with van der Waals surface area (Å²) >= 11 is 0. The molecule has 0 aliphatic carbocycles. The van der Waals surface area contributed by atoms with E-state index in [1.165, 1.54) is 6.20 Å². The van der Waals surface area contributed by atoms with Crippen molar-refractivity contribution in [2.24, 2.45) is 0 Å². The second kappa shape index (κ2) is 3.81. The second-order valence-electron chi connectivity index (χ2n) is 3.55. The third-order valence-corrected chi connectivity index (χ3v) is 3.61. The molecule has 9 heteroatoms. The van der Waals surface area contributed by atoms with Gasteiger partial charge in [-0.25, -0.2) is 0 Å². The fraction of sp³-hybridized carbons (Fsp3) is 0.375. The van der Waals surface area contributed by atoms with E-state index in [9.17, 15) is 17.1 Å². The number of anilines is 1. The van der Waals surface area contributed by atoms with Crippen molar-refractivity contribution in [3.8, 4) is 6.07 Å². The van der Waals surface area contributed by atoms with Crippen LogP contribution in [-0.2, 0) is 15.0 Å². The standard InChI is InChI=1S/C8H7FN4O3S/c9-17(15,16)6-1-7(14)13(4-6)8-5(2-10)3-11-12-8/h3,6H,1,4H2,(H,11,12). The number of amides is 1. The zero-order valence-corrected chi connectivity index (χ0v) is 9.24. The molecule has 1 unspecified atom stereocenters. The molecule has 2 heterocycles. The van der Waals surface area contributed by atoms with Gasteiger partial charge < -0.3 is 0 Å². The van der Waals surface area contributed by atoms with Crippen LogP contribution in [0.3, 0.4) is 0 Å². The lowest BCUT2D eigenvalue weighted by Gasteiger charge is -2.13. The van der Waals surface area contributed by atoms with Gasteiger partial charge >= 0.3 is 10.2 Å². The zero-order valence-electron chi connectivity index (χ0n) is 8.42. The molecule has 1 aliphatic heterocycles. The predicted octanol–water partition coefficient (Wildman–Crippen LogP) is -0.314. The minimum atomic E-state index is -4.76. The first-order valence-corrected chi connectivity index (χ1v) is 6.05. The summed E-state index contributed by atoms with van der Waals surface area (Å²) in [6.07, 6.45) is 0.780. The number of nitrogens with zero attached hydrogens (tertiary/aromatic N) is 3. The molecule has 0 aromatic carbocycles. The average molecular weight is 258 g/mol. The zero-order chi connectivity index (χ0) is 12.6. The predicted molar refractivity (Wildman–Crippen MR) is 54.1 cm³/mol. The summed E-state index contributed by atoms with van der Waals surface area (Å²) in [6.45, 7) is -0.311. The van der Waals surface area contributed by atoms with Crippen molar-refractivity contribution in [2.45, 2.75) is 11.7 Å². The Morgan fingerprint density at radius 1 is 1.65 bits per heavy atom. The summed E-state index contributed by atoms with van der Waals surface area (Å²) in [5.41, 5.74) is 0.107. The molecule has 1 saturated heterocycles. The van der Waals surface area contributed by atoms with E-state index in [4.69, 9.17) is 5.26 Å². The summed E-state index contributed by atoms with van der Waals surface area (Å²) in [5, 5.41) is 13.3. The Morgan fingerprint density at radius 2 is 2.35 bits per heavy atom. The van der Waals surface area contributed by atoms with Gasteiger partial charge in [0.05, 0.1) is 6.20 Å². The maximum absolute atomic E-state index is 12.8. The number of aromatic nitrogens is 2. The first kappa shape index (κ1) is 11.5. The van der Waals surface area contributed by atoms with Crippen molar-refractivity contribution in [1.82, 2.24) is 10.2 Å². The van der Waals surface area contributed by atoms with Gasteiger partial charge in [-0.05, 0) is 0 Å². The van der Waals surface area contributed by atoms with Crippen LogP contribution in [0.15, 0.2) is 6.20 Å². The molecule has 1 aromatic rings. The molecule has 90 valence electrons. The van der Waals surface area contributed by atoms with Crippen LogP contribution in [0.2, 0.25) is 0 Å². The number of nitrogens with one attached hydrogen (secondary N) is 1. The van der Waals surface area contributed by atoms with Crippen molar-refractivity contribution >= 4 is 21.9 Å². The Bertz CT molecular complexity index is 603. The first-order valence-electron chi connectivity index (χ1n) is 4.61. The highest BCUT2D eigenvalue weighted by molar-refractivity contribution is 7.87. The van der Waals surface area contributed by atoms with Crippen molar-refractivity contribution in [3.05, 3.63) is 11.8 Å². The molecule has 1 aliphatic rings. The molecule has 1 N–H and O–H groups in total. The van der Waals surface area contributed by atoms with E-state index in [1.54, 1.807) is 6.07 Å².